The van der Waals surface area contributed by atoms with Gasteiger partial charge in [-0.2, -0.15) is 0 Å². The van der Waals surface area contributed by atoms with Crippen molar-refractivity contribution in [1.82, 2.24) is 5.32 Å². The Kier molecular flexibility index (Phi) is 11.8. The molecule has 7 rings (SSSR count). The van der Waals surface area contributed by atoms with Crippen molar-refractivity contribution in [3.05, 3.63) is 119 Å². The molecule has 324 valence electrons. The standard InChI is InChI=1S/C46H51NO14/c1-25-30(59-41(54)36(51)34(28-17-11-7-12-18-28)47-42(55)57-23-27-15-9-6-10-16-27)22-46(56)39(60-40(53)29-19-13-8-14-20-29)37-44(5,38(52)35(50)33(25)43(46,3)4)31(49)21-32-45(37,24-58-32)61-26(2)48/h6-20,30-32,34-37,39,49-51,56H,21-24H2,1-5H3,(H,47,55)/t30?,31-,32?,34-,35+,36?,37?,39-,44+,45-,46+/m0/s1. The van der Waals surface area contributed by atoms with Crippen LogP contribution in [-0.2, 0) is 44.7 Å². The lowest BCUT2D eigenvalue weighted by molar-refractivity contribution is -0.346. The Labute approximate surface area is 352 Å². The van der Waals surface area contributed by atoms with Crippen molar-refractivity contribution in [2.45, 2.75) is 108 Å². The Bertz CT molecular complexity index is 2200. The molecule has 3 aromatic rings. The number of benzene rings is 3. The smallest absolute Gasteiger partial charge is 0.408 e. The largest absolute Gasteiger partial charge is 0.456 e. The van der Waals surface area contributed by atoms with Crippen molar-refractivity contribution >= 4 is 29.8 Å². The van der Waals surface area contributed by atoms with Crippen LogP contribution in [0.3, 0.4) is 0 Å². The quantitative estimate of drug-likeness (QED) is 0.112. The molecule has 2 saturated carbocycles. The SMILES string of the molecule is CC(=O)O[C@@]12COC1C[C@H](O)[C@@]1(C)C(=O)[C@H](O)C3=C(C)C(OC(=O)C(O)[C@@H](NC(=O)OCc4ccccc4)c4ccccc4)C[C@@](O)([C@@H](OC(=O)c4ccccc4)C21)C3(C)C. The fourth-order valence-corrected chi connectivity index (χ4v) is 10.0. The van der Waals surface area contributed by atoms with E-state index < -0.39 is 107 Å². The summed E-state index contributed by atoms with van der Waals surface area (Å²) in [5.74, 6) is -5.39. The third-order valence-electron chi connectivity index (χ3n) is 13.4. The van der Waals surface area contributed by atoms with Gasteiger partial charge in [0.25, 0.3) is 0 Å². The number of carbonyl (C=O) groups is 5. The van der Waals surface area contributed by atoms with E-state index in [1.165, 1.54) is 26.0 Å². The number of fused-ring (bicyclic) bond motifs is 5. The summed E-state index contributed by atoms with van der Waals surface area (Å²) in [5.41, 5.74) is -6.57. The molecule has 1 aliphatic heterocycles. The van der Waals surface area contributed by atoms with E-state index in [4.69, 9.17) is 23.7 Å². The molecule has 3 aromatic carbocycles. The minimum absolute atomic E-state index is 0.0677. The average Bonchev–Trinajstić information content (AvgIpc) is 3.24. The summed E-state index contributed by atoms with van der Waals surface area (Å²) in [6.07, 6.45) is -11.6. The van der Waals surface area contributed by atoms with Crippen LogP contribution in [0.1, 0.15) is 75.0 Å². The second-order valence-corrected chi connectivity index (χ2v) is 17.1. The van der Waals surface area contributed by atoms with Crippen molar-refractivity contribution in [3.63, 3.8) is 0 Å². The summed E-state index contributed by atoms with van der Waals surface area (Å²) in [6, 6.07) is 23.5. The third-order valence-corrected chi connectivity index (χ3v) is 13.4. The molecule has 1 amide bonds. The number of esters is 3. The van der Waals surface area contributed by atoms with Gasteiger partial charge in [-0.15, -0.1) is 0 Å². The number of carbonyl (C=O) groups excluding carboxylic acids is 5. The van der Waals surface area contributed by atoms with Gasteiger partial charge in [0.1, 0.15) is 36.6 Å². The second-order valence-electron chi connectivity index (χ2n) is 17.1. The average molecular weight is 842 g/mol. The Hall–Kier alpha value is -5.45. The molecule has 3 fully saturated rings. The highest BCUT2D eigenvalue weighted by Gasteiger charge is 2.78. The van der Waals surface area contributed by atoms with Crippen LogP contribution >= 0.6 is 0 Å². The van der Waals surface area contributed by atoms with E-state index in [0.717, 1.165) is 6.92 Å². The molecule has 1 saturated heterocycles. The number of hydrogen-bond acceptors (Lipinski definition) is 14. The van der Waals surface area contributed by atoms with Gasteiger partial charge in [-0.3, -0.25) is 9.59 Å². The Balaban J connectivity index is 1.30. The Morgan fingerprint density at radius 2 is 1.51 bits per heavy atom. The first-order valence-electron chi connectivity index (χ1n) is 20.2. The van der Waals surface area contributed by atoms with Gasteiger partial charge >= 0.3 is 24.0 Å². The number of ketones is 1. The molecule has 4 aliphatic rings. The molecule has 2 bridgehead atoms. The molecule has 5 N–H and O–H groups in total. The van der Waals surface area contributed by atoms with Gasteiger partial charge in [0.05, 0.1) is 35.6 Å². The predicted molar refractivity (Wildman–Crippen MR) is 214 cm³/mol. The fourth-order valence-electron chi connectivity index (χ4n) is 10.0. The van der Waals surface area contributed by atoms with Gasteiger partial charge in [0.2, 0.25) is 0 Å². The molecule has 0 aromatic heterocycles. The summed E-state index contributed by atoms with van der Waals surface area (Å²) in [5, 5.41) is 51.8. The first kappa shape index (κ1) is 43.6. The van der Waals surface area contributed by atoms with Gasteiger partial charge in [-0.05, 0) is 48.3 Å². The fraction of sp³-hybridized carbons (Fsp3) is 0.457. The zero-order valence-electron chi connectivity index (χ0n) is 34.5. The van der Waals surface area contributed by atoms with Crippen LogP contribution in [0.2, 0.25) is 0 Å². The van der Waals surface area contributed by atoms with Gasteiger partial charge in [0, 0.05) is 25.2 Å². The number of Topliss-reactive ketones (excluding diaryl/α,β-unsaturated/α-hetero) is 1. The monoisotopic (exact) mass is 841 g/mol. The molecule has 4 unspecified atom stereocenters. The lowest BCUT2D eigenvalue weighted by Gasteiger charge is -2.67. The summed E-state index contributed by atoms with van der Waals surface area (Å²) in [4.78, 5) is 69.3. The summed E-state index contributed by atoms with van der Waals surface area (Å²) in [6.45, 7) is 6.75. The summed E-state index contributed by atoms with van der Waals surface area (Å²) < 4.78 is 29.6. The number of hydrogen-bond donors (Lipinski definition) is 5. The highest BCUT2D eigenvalue weighted by Crippen LogP contribution is 2.64. The van der Waals surface area contributed by atoms with Crippen LogP contribution in [0.25, 0.3) is 0 Å². The Morgan fingerprint density at radius 1 is 0.902 bits per heavy atom. The van der Waals surface area contributed by atoms with E-state index in [-0.39, 0.29) is 36.3 Å². The maximum atomic E-state index is 15.0. The van der Waals surface area contributed by atoms with Crippen molar-refractivity contribution in [3.8, 4) is 0 Å². The molecule has 0 spiro atoms. The number of nitrogens with one attached hydrogen (secondary N) is 1. The predicted octanol–water partition coefficient (Wildman–Crippen LogP) is 3.66. The van der Waals surface area contributed by atoms with E-state index in [2.05, 4.69) is 5.32 Å². The van der Waals surface area contributed by atoms with Crippen molar-refractivity contribution < 1.29 is 68.1 Å². The van der Waals surface area contributed by atoms with Crippen LogP contribution in [0.5, 0.6) is 0 Å². The van der Waals surface area contributed by atoms with E-state index in [9.17, 15) is 44.4 Å². The molecule has 0 radical (unpaired) electrons. The van der Waals surface area contributed by atoms with Crippen molar-refractivity contribution in [2.24, 2.45) is 16.7 Å². The van der Waals surface area contributed by atoms with Gasteiger partial charge in [-0.25, -0.2) is 14.4 Å². The molecular weight excluding hydrogens is 790 g/mol. The molecule has 15 nitrogen and oxygen atoms in total. The number of rotatable bonds is 10. The molecule has 15 heteroatoms. The first-order chi connectivity index (χ1) is 28.9. The highest BCUT2D eigenvalue weighted by molar-refractivity contribution is 5.94. The number of alkyl carbamates (subject to hydrolysis) is 1. The maximum Gasteiger partial charge on any atom is 0.408 e. The number of ether oxygens (including phenoxy) is 5. The summed E-state index contributed by atoms with van der Waals surface area (Å²) in [7, 11) is 0. The van der Waals surface area contributed by atoms with Crippen LogP contribution in [0.4, 0.5) is 4.79 Å². The first-order valence-corrected chi connectivity index (χ1v) is 20.2. The number of amides is 1. The van der Waals surface area contributed by atoms with Gasteiger partial charge < -0.3 is 49.4 Å². The number of aliphatic hydroxyl groups excluding tert-OH is 3. The van der Waals surface area contributed by atoms with Crippen LogP contribution < -0.4 is 5.32 Å². The maximum absolute atomic E-state index is 15.0. The highest BCUT2D eigenvalue weighted by atomic mass is 16.6. The van der Waals surface area contributed by atoms with Crippen LogP contribution in [0, 0.1) is 16.7 Å². The molecule has 1 heterocycles. The van der Waals surface area contributed by atoms with Crippen molar-refractivity contribution in [2.75, 3.05) is 6.61 Å². The Morgan fingerprint density at radius 3 is 2.10 bits per heavy atom. The zero-order valence-corrected chi connectivity index (χ0v) is 34.5. The molecule has 3 aliphatic carbocycles. The van der Waals surface area contributed by atoms with Crippen LogP contribution in [0.15, 0.2) is 102 Å². The topological polar surface area (TPSA) is 224 Å². The van der Waals surface area contributed by atoms with E-state index in [0.29, 0.717) is 11.1 Å². The minimum Gasteiger partial charge on any atom is -0.456 e. The molecule has 11 atom stereocenters. The van der Waals surface area contributed by atoms with E-state index in [1.54, 1.807) is 86.6 Å². The van der Waals surface area contributed by atoms with Gasteiger partial charge in [-0.1, -0.05) is 92.7 Å². The van der Waals surface area contributed by atoms with E-state index >= 15 is 0 Å². The summed E-state index contributed by atoms with van der Waals surface area (Å²) >= 11 is 0. The van der Waals surface area contributed by atoms with Crippen molar-refractivity contribution in [1.29, 1.82) is 0 Å². The second kappa shape index (κ2) is 16.4. The van der Waals surface area contributed by atoms with Crippen LogP contribution in [-0.4, -0.2) is 105 Å². The molecule has 61 heavy (non-hydrogen) atoms. The zero-order chi connectivity index (χ0) is 44.1. The minimum atomic E-state index is -2.36. The number of aliphatic hydroxyl groups is 4. The van der Waals surface area contributed by atoms with E-state index in [1.807, 2.05) is 6.07 Å². The third kappa shape index (κ3) is 7.41. The van der Waals surface area contributed by atoms with Gasteiger partial charge in [0.15, 0.2) is 17.5 Å². The lowest BCUT2D eigenvalue weighted by atomic mass is 9.44. The normalized spacial score (nSPS) is 32.2. The lowest BCUT2D eigenvalue weighted by Crippen LogP contribution is -2.81. The molecular formula is C46H51NO14.